The second kappa shape index (κ2) is 9.07. The molecule has 0 atom stereocenters. The lowest BCUT2D eigenvalue weighted by Gasteiger charge is -2.09. The van der Waals surface area contributed by atoms with Gasteiger partial charge in [0.05, 0.1) is 0 Å². The summed E-state index contributed by atoms with van der Waals surface area (Å²) < 4.78 is 4.88. The first-order valence-corrected chi connectivity index (χ1v) is 11.0. The molecule has 0 saturated heterocycles. The Hall–Kier alpha value is -2.56. The summed E-state index contributed by atoms with van der Waals surface area (Å²) >= 11 is 0. The van der Waals surface area contributed by atoms with E-state index in [4.69, 9.17) is 0 Å². The van der Waals surface area contributed by atoms with Gasteiger partial charge in [-0.1, -0.05) is 36.4 Å². The summed E-state index contributed by atoms with van der Waals surface area (Å²) in [7, 11) is 8.57. The molecule has 0 N–H and O–H groups in total. The Labute approximate surface area is 180 Å². The molecule has 2 heterocycles. The fourth-order valence-electron chi connectivity index (χ4n) is 4.32. The number of likely N-dealkylation sites (N-methyl/N-ethyl adjacent to an activating group) is 2. The number of fused-ring (bicyclic) bond motifs is 2. The fraction of sp³-hybridized carbons (Fsp3) is 0.385. The van der Waals surface area contributed by atoms with Gasteiger partial charge in [-0.2, -0.15) is 0 Å². The third kappa shape index (κ3) is 4.45. The standard InChI is InChI=1S/C26H34N4/c1-27(2)15-13-21-19-29(25-11-7-5-9-23(21)25)17-18-30-20-22(14-16-28(3)4)24-10-6-8-12-26(24)30/h5-12,19-20H,13-18H2,1-4H3. The topological polar surface area (TPSA) is 16.3 Å². The van der Waals surface area contributed by atoms with Crippen LogP contribution in [0, 0.1) is 0 Å². The van der Waals surface area contributed by atoms with Gasteiger partial charge >= 0.3 is 0 Å². The van der Waals surface area contributed by atoms with Crippen LogP contribution in [-0.4, -0.2) is 60.2 Å². The van der Waals surface area contributed by atoms with Gasteiger partial charge in [0.1, 0.15) is 0 Å². The maximum absolute atomic E-state index is 2.44. The van der Waals surface area contributed by atoms with Crippen molar-refractivity contribution in [2.75, 3.05) is 41.3 Å². The minimum atomic E-state index is 0.980. The van der Waals surface area contributed by atoms with Gasteiger partial charge in [-0.05, 0) is 64.3 Å². The number of aryl methyl sites for hydroxylation is 2. The molecule has 4 heteroatoms. The normalized spacial score (nSPS) is 12.1. The predicted octanol–water partition coefficient (Wildman–Crippen LogP) is 4.50. The number of hydrogen-bond donors (Lipinski definition) is 0. The van der Waals surface area contributed by atoms with Crippen LogP contribution in [0.1, 0.15) is 11.1 Å². The molecule has 0 aliphatic heterocycles. The molecule has 2 aromatic carbocycles. The Morgan fingerprint density at radius 3 is 1.40 bits per heavy atom. The molecular formula is C26H34N4. The molecule has 4 aromatic rings. The van der Waals surface area contributed by atoms with Crippen molar-refractivity contribution in [3.63, 3.8) is 0 Å². The third-order valence-corrected chi connectivity index (χ3v) is 5.98. The number of hydrogen-bond acceptors (Lipinski definition) is 2. The van der Waals surface area contributed by atoms with Crippen molar-refractivity contribution < 1.29 is 0 Å². The van der Waals surface area contributed by atoms with Crippen molar-refractivity contribution in [1.82, 2.24) is 18.9 Å². The van der Waals surface area contributed by atoms with E-state index in [0.717, 1.165) is 39.0 Å². The fourth-order valence-corrected chi connectivity index (χ4v) is 4.32. The Kier molecular flexibility index (Phi) is 6.26. The highest BCUT2D eigenvalue weighted by atomic mass is 15.1. The van der Waals surface area contributed by atoms with Crippen molar-refractivity contribution in [2.24, 2.45) is 0 Å². The summed E-state index contributed by atoms with van der Waals surface area (Å²) in [4.78, 5) is 4.51. The zero-order valence-corrected chi connectivity index (χ0v) is 18.8. The largest absolute Gasteiger partial charge is 0.345 e. The van der Waals surface area contributed by atoms with Crippen LogP contribution >= 0.6 is 0 Å². The minimum absolute atomic E-state index is 0.980. The SMILES string of the molecule is CN(C)CCc1cn(CCn2cc(CCN(C)C)c3ccccc32)c2ccccc12. The van der Waals surface area contributed by atoms with E-state index in [2.05, 4.69) is 108 Å². The summed E-state index contributed by atoms with van der Waals surface area (Å²) in [6.07, 6.45) is 6.91. The molecule has 0 bridgehead atoms. The third-order valence-electron chi connectivity index (χ3n) is 5.98. The van der Waals surface area contributed by atoms with Crippen LogP contribution in [0.2, 0.25) is 0 Å². The molecule has 4 nitrogen and oxygen atoms in total. The van der Waals surface area contributed by atoms with Crippen LogP contribution in [0.25, 0.3) is 21.8 Å². The number of para-hydroxylation sites is 2. The smallest absolute Gasteiger partial charge is 0.0483 e. The average Bonchev–Trinajstić information content (AvgIpc) is 3.27. The first-order valence-electron chi connectivity index (χ1n) is 11.0. The van der Waals surface area contributed by atoms with Crippen LogP contribution in [0.3, 0.4) is 0 Å². The quantitative estimate of drug-likeness (QED) is 0.410. The van der Waals surface area contributed by atoms with E-state index < -0.39 is 0 Å². The highest BCUT2D eigenvalue weighted by molar-refractivity contribution is 5.85. The molecular weight excluding hydrogens is 368 g/mol. The van der Waals surface area contributed by atoms with Crippen LogP contribution in [-0.2, 0) is 25.9 Å². The Bertz CT molecular complexity index is 1030. The molecule has 30 heavy (non-hydrogen) atoms. The molecule has 0 aliphatic rings. The molecule has 2 aromatic heterocycles. The molecule has 0 aliphatic carbocycles. The van der Waals surface area contributed by atoms with Gasteiger partial charge in [0.2, 0.25) is 0 Å². The lowest BCUT2D eigenvalue weighted by molar-refractivity contribution is 0.413. The molecule has 0 radical (unpaired) electrons. The Morgan fingerprint density at radius 1 is 0.600 bits per heavy atom. The van der Waals surface area contributed by atoms with Gasteiger partial charge < -0.3 is 18.9 Å². The van der Waals surface area contributed by atoms with Gasteiger partial charge in [-0.3, -0.25) is 0 Å². The van der Waals surface area contributed by atoms with E-state index >= 15 is 0 Å². The number of benzene rings is 2. The highest BCUT2D eigenvalue weighted by Gasteiger charge is 2.11. The van der Waals surface area contributed by atoms with E-state index in [0.29, 0.717) is 0 Å². The summed E-state index contributed by atoms with van der Waals surface area (Å²) in [5.74, 6) is 0. The maximum Gasteiger partial charge on any atom is 0.0483 e. The first kappa shape index (κ1) is 20.7. The predicted molar refractivity (Wildman–Crippen MR) is 128 cm³/mol. The van der Waals surface area contributed by atoms with Gasteiger partial charge in [0.25, 0.3) is 0 Å². The summed E-state index contributed by atoms with van der Waals surface area (Å²) in [6.45, 7) is 4.11. The van der Waals surface area contributed by atoms with E-state index in [1.54, 1.807) is 0 Å². The van der Waals surface area contributed by atoms with E-state index in [9.17, 15) is 0 Å². The van der Waals surface area contributed by atoms with Crippen molar-refractivity contribution in [3.05, 3.63) is 72.1 Å². The Morgan fingerprint density at radius 2 is 1.00 bits per heavy atom. The van der Waals surface area contributed by atoms with E-state index in [1.165, 1.54) is 32.9 Å². The van der Waals surface area contributed by atoms with Crippen molar-refractivity contribution in [2.45, 2.75) is 25.9 Å². The van der Waals surface area contributed by atoms with Crippen LogP contribution in [0.5, 0.6) is 0 Å². The second-order valence-corrected chi connectivity index (χ2v) is 8.84. The second-order valence-electron chi connectivity index (χ2n) is 8.84. The number of aromatic nitrogens is 2. The molecule has 158 valence electrons. The zero-order valence-electron chi connectivity index (χ0n) is 18.8. The monoisotopic (exact) mass is 402 g/mol. The minimum Gasteiger partial charge on any atom is -0.345 e. The lowest BCUT2D eigenvalue weighted by Crippen LogP contribution is -2.15. The molecule has 0 amide bonds. The van der Waals surface area contributed by atoms with E-state index in [1.807, 2.05) is 0 Å². The maximum atomic E-state index is 2.44. The van der Waals surface area contributed by atoms with Gasteiger partial charge in [0.15, 0.2) is 0 Å². The van der Waals surface area contributed by atoms with Gasteiger partial charge in [0, 0.05) is 60.4 Å². The molecule has 0 fully saturated rings. The molecule has 0 spiro atoms. The van der Waals surface area contributed by atoms with Crippen LogP contribution < -0.4 is 0 Å². The van der Waals surface area contributed by atoms with Gasteiger partial charge in [-0.25, -0.2) is 0 Å². The molecule has 0 saturated carbocycles. The average molecular weight is 403 g/mol. The number of nitrogens with zero attached hydrogens (tertiary/aromatic N) is 4. The highest BCUT2D eigenvalue weighted by Crippen LogP contribution is 2.24. The zero-order chi connectivity index (χ0) is 21.1. The van der Waals surface area contributed by atoms with Gasteiger partial charge in [-0.15, -0.1) is 0 Å². The molecule has 0 unspecified atom stereocenters. The van der Waals surface area contributed by atoms with E-state index in [-0.39, 0.29) is 0 Å². The van der Waals surface area contributed by atoms with Crippen molar-refractivity contribution >= 4 is 21.8 Å². The van der Waals surface area contributed by atoms with Crippen LogP contribution in [0.15, 0.2) is 60.9 Å². The van der Waals surface area contributed by atoms with Crippen molar-refractivity contribution in [3.8, 4) is 0 Å². The van der Waals surface area contributed by atoms with Crippen molar-refractivity contribution in [1.29, 1.82) is 0 Å². The molecule has 4 rings (SSSR count). The summed E-state index contributed by atoms with van der Waals surface area (Å²) in [6, 6.07) is 17.7. The lowest BCUT2D eigenvalue weighted by atomic mass is 10.1. The first-order chi connectivity index (χ1) is 14.5. The summed E-state index contributed by atoms with van der Waals surface area (Å²) in [5, 5.41) is 2.78. The summed E-state index contributed by atoms with van der Waals surface area (Å²) in [5.41, 5.74) is 5.58. The van der Waals surface area contributed by atoms with Crippen LogP contribution in [0.4, 0.5) is 0 Å². The Balaban J connectivity index is 1.59. The number of rotatable bonds is 9.